The van der Waals surface area contributed by atoms with Gasteiger partial charge in [-0.3, -0.25) is 4.79 Å². The van der Waals surface area contributed by atoms with E-state index in [1.165, 1.54) is 0 Å². The fourth-order valence-corrected chi connectivity index (χ4v) is 2.72. The van der Waals surface area contributed by atoms with Crippen molar-refractivity contribution in [1.82, 2.24) is 4.90 Å². The van der Waals surface area contributed by atoms with Gasteiger partial charge in [0, 0.05) is 22.2 Å². The smallest absolute Gasteiger partial charge is 0.254 e. The van der Waals surface area contributed by atoms with E-state index in [1.54, 1.807) is 41.5 Å². The maximum atomic E-state index is 12.9. The van der Waals surface area contributed by atoms with Gasteiger partial charge >= 0.3 is 0 Å². The Morgan fingerprint density at radius 2 is 1.67 bits per heavy atom. The van der Waals surface area contributed by atoms with E-state index in [0.717, 1.165) is 5.56 Å². The van der Waals surface area contributed by atoms with E-state index in [9.17, 15) is 4.79 Å². The molecular formula is C19H15Cl2NO2. The second-order valence-electron chi connectivity index (χ2n) is 5.34. The van der Waals surface area contributed by atoms with Gasteiger partial charge in [-0.05, 0) is 48.0 Å². The van der Waals surface area contributed by atoms with Crippen LogP contribution < -0.4 is 0 Å². The number of rotatable bonds is 5. The van der Waals surface area contributed by atoms with E-state index in [-0.39, 0.29) is 5.91 Å². The van der Waals surface area contributed by atoms with Crippen LogP contribution in [0.4, 0.5) is 0 Å². The first-order valence-corrected chi connectivity index (χ1v) is 8.20. The first-order valence-electron chi connectivity index (χ1n) is 7.44. The molecule has 0 fully saturated rings. The van der Waals surface area contributed by atoms with Gasteiger partial charge in [-0.2, -0.15) is 0 Å². The van der Waals surface area contributed by atoms with E-state index in [0.29, 0.717) is 34.5 Å². The number of halogens is 2. The van der Waals surface area contributed by atoms with E-state index in [4.69, 9.17) is 27.6 Å². The van der Waals surface area contributed by atoms with Crippen LogP contribution in [0.15, 0.2) is 71.3 Å². The third kappa shape index (κ3) is 3.99. The monoisotopic (exact) mass is 359 g/mol. The molecule has 3 nitrogen and oxygen atoms in total. The highest BCUT2D eigenvalue weighted by molar-refractivity contribution is 6.31. The molecular weight excluding hydrogens is 345 g/mol. The van der Waals surface area contributed by atoms with Crippen LogP contribution in [0.3, 0.4) is 0 Å². The highest BCUT2D eigenvalue weighted by Gasteiger charge is 2.18. The minimum Gasteiger partial charge on any atom is -0.467 e. The van der Waals surface area contributed by atoms with Crippen molar-refractivity contribution in [2.75, 3.05) is 0 Å². The van der Waals surface area contributed by atoms with E-state index < -0.39 is 0 Å². The molecule has 0 saturated carbocycles. The number of benzene rings is 2. The standard InChI is InChI=1S/C19H15Cl2NO2/c20-16-9-7-14(8-10-16)19(23)22(13-17-5-3-11-24-17)12-15-4-1-2-6-18(15)21/h1-11H,12-13H2. The van der Waals surface area contributed by atoms with E-state index >= 15 is 0 Å². The summed E-state index contributed by atoms with van der Waals surface area (Å²) in [4.78, 5) is 14.6. The minimum absolute atomic E-state index is 0.108. The summed E-state index contributed by atoms with van der Waals surface area (Å²) in [5.41, 5.74) is 1.45. The van der Waals surface area contributed by atoms with Crippen molar-refractivity contribution in [1.29, 1.82) is 0 Å². The quantitative estimate of drug-likeness (QED) is 0.608. The van der Waals surface area contributed by atoms with Gasteiger partial charge in [0.15, 0.2) is 0 Å². The number of carbonyl (C=O) groups excluding carboxylic acids is 1. The van der Waals surface area contributed by atoms with Crippen molar-refractivity contribution in [3.8, 4) is 0 Å². The SMILES string of the molecule is O=C(c1ccc(Cl)cc1)N(Cc1ccco1)Cc1ccccc1Cl. The number of hydrogen-bond donors (Lipinski definition) is 0. The lowest BCUT2D eigenvalue weighted by molar-refractivity contribution is 0.0718. The molecule has 0 aliphatic rings. The fraction of sp³-hybridized carbons (Fsp3) is 0.105. The molecule has 0 spiro atoms. The Balaban J connectivity index is 1.87. The summed E-state index contributed by atoms with van der Waals surface area (Å²) < 4.78 is 5.39. The molecule has 1 aromatic heterocycles. The molecule has 0 unspecified atom stereocenters. The van der Waals surface area contributed by atoms with E-state index in [2.05, 4.69) is 0 Å². The molecule has 5 heteroatoms. The predicted molar refractivity (Wildman–Crippen MR) is 95.2 cm³/mol. The molecule has 3 rings (SSSR count). The van der Waals surface area contributed by atoms with Gasteiger partial charge in [-0.25, -0.2) is 0 Å². The third-order valence-electron chi connectivity index (χ3n) is 3.62. The zero-order chi connectivity index (χ0) is 16.9. The lowest BCUT2D eigenvalue weighted by atomic mass is 10.1. The number of amides is 1. The van der Waals surface area contributed by atoms with Gasteiger partial charge < -0.3 is 9.32 Å². The van der Waals surface area contributed by atoms with Crippen molar-refractivity contribution in [2.24, 2.45) is 0 Å². The maximum Gasteiger partial charge on any atom is 0.254 e. The Morgan fingerprint density at radius 3 is 2.33 bits per heavy atom. The Kier molecular flexibility index (Phi) is 5.24. The minimum atomic E-state index is -0.108. The Bertz CT molecular complexity index is 814. The zero-order valence-electron chi connectivity index (χ0n) is 12.8. The Morgan fingerprint density at radius 1 is 0.917 bits per heavy atom. The van der Waals surface area contributed by atoms with Gasteiger partial charge in [0.05, 0.1) is 12.8 Å². The maximum absolute atomic E-state index is 12.9. The molecule has 1 amide bonds. The number of furan rings is 1. The highest BCUT2D eigenvalue weighted by Crippen LogP contribution is 2.21. The van der Waals surface area contributed by atoms with Gasteiger partial charge in [0.25, 0.3) is 5.91 Å². The van der Waals surface area contributed by atoms with Crippen LogP contribution in [0.5, 0.6) is 0 Å². The predicted octanol–water partition coefficient (Wildman–Crippen LogP) is 5.43. The number of carbonyl (C=O) groups is 1. The molecule has 122 valence electrons. The van der Waals surface area contributed by atoms with Crippen molar-refractivity contribution >= 4 is 29.1 Å². The normalized spacial score (nSPS) is 10.6. The van der Waals surface area contributed by atoms with Crippen LogP contribution in [0, 0.1) is 0 Å². The zero-order valence-corrected chi connectivity index (χ0v) is 14.3. The summed E-state index contributed by atoms with van der Waals surface area (Å²) in [6, 6.07) is 18.0. The highest BCUT2D eigenvalue weighted by atomic mass is 35.5. The second kappa shape index (κ2) is 7.56. The summed E-state index contributed by atoms with van der Waals surface area (Å²) in [6.07, 6.45) is 1.59. The van der Waals surface area contributed by atoms with Crippen molar-refractivity contribution in [2.45, 2.75) is 13.1 Å². The summed E-state index contributed by atoms with van der Waals surface area (Å²) >= 11 is 12.1. The lowest BCUT2D eigenvalue weighted by Gasteiger charge is -2.22. The van der Waals surface area contributed by atoms with Crippen LogP contribution in [0.2, 0.25) is 10.0 Å². The van der Waals surface area contributed by atoms with Crippen LogP contribution in [0.1, 0.15) is 21.7 Å². The molecule has 0 bridgehead atoms. The summed E-state index contributed by atoms with van der Waals surface area (Å²) in [5.74, 6) is 0.604. The first kappa shape index (κ1) is 16.6. The van der Waals surface area contributed by atoms with Crippen LogP contribution in [-0.4, -0.2) is 10.8 Å². The summed E-state index contributed by atoms with van der Waals surface area (Å²) in [7, 11) is 0. The van der Waals surface area contributed by atoms with Gasteiger partial charge in [0.1, 0.15) is 5.76 Å². The molecule has 0 N–H and O–H groups in total. The molecule has 0 saturated heterocycles. The third-order valence-corrected chi connectivity index (χ3v) is 4.24. The van der Waals surface area contributed by atoms with Crippen molar-refractivity contribution < 1.29 is 9.21 Å². The van der Waals surface area contributed by atoms with E-state index in [1.807, 2.05) is 30.3 Å². The molecule has 0 atom stereocenters. The molecule has 0 radical (unpaired) electrons. The topological polar surface area (TPSA) is 33.5 Å². The molecule has 1 heterocycles. The van der Waals surface area contributed by atoms with Gasteiger partial charge in [-0.15, -0.1) is 0 Å². The number of nitrogens with zero attached hydrogens (tertiary/aromatic N) is 1. The second-order valence-corrected chi connectivity index (χ2v) is 6.18. The molecule has 24 heavy (non-hydrogen) atoms. The Labute approximate surface area is 150 Å². The molecule has 2 aromatic carbocycles. The van der Waals surface area contributed by atoms with Crippen LogP contribution in [-0.2, 0) is 13.1 Å². The molecule has 0 aliphatic carbocycles. The van der Waals surface area contributed by atoms with Crippen molar-refractivity contribution in [3.63, 3.8) is 0 Å². The summed E-state index contributed by atoms with van der Waals surface area (Å²) in [6.45, 7) is 0.752. The van der Waals surface area contributed by atoms with Crippen molar-refractivity contribution in [3.05, 3.63) is 93.9 Å². The van der Waals surface area contributed by atoms with Gasteiger partial charge in [-0.1, -0.05) is 41.4 Å². The fourth-order valence-electron chi connectivity index (χ4n) is 2.40. The Hall–Kier alpha value is -2.23. The largest absolute Gasteiger partial charge is 0.467 e. The van der Waals surface area contributed by atoms with Crippen LogP contribution in [0.25, 0.3) is 0 Å². The first-order chi connectivity index (χ1) is 11.6. The summed E-state index contributed by atoms with van der Waals surface area (Å²) in [5, 5.41) is 1.22. The average molecular weight is 360 g/mol. The average Bonchev–Trinajstić information content (AvgIpc) is 3.09. The lowest BCUT2D eigenvalue weighted by Crippen LogP contribution is -2.30. The number of hydrogen-bond acceptors (Lipinski definition) is 2. The van der Waals surface area contributed by atoms with Gasteiger partial charge in [0.2, 0.25) is 0 Å². The van der Waals surface area contributed by atoms with Crippen LogP contribution >= 0.6 is 23.2 Å². The molecule has 3 aromatic rings. The molecule has 0 aliphatic heterocycles.